The molecule has 0 radical (unpaired) electrons. The first kappa shape index (κ1) is 17.3. The van der Waals surface area contributed by atoms with Crippen molar-refractivity contribution in [3.05, 3.63) is 0 Å². The van der Waals surface area contributed by atoms with Crippen molar-refractivity contribution in [2.75, 3.05) is 27.7 Å². The predicted molar refractivity (Wildman–Crippen MR) is 71.5 cm³/mol. The third-order valence-electron chi connectivity index (χ3n) is 2.66. The van der Waals surface area contributed by atoms with Crippen LogP contribution in [0.3, 0.4) is 0 Å². The normalized spacial score (nSPS) is 16.2. The SMILES string of the molecule is CC.CCNC.CN(C)C1CCCCC1. The summed E-state index contributed by atoms with van der Waals surface area (Å²) in [6.07, 6.45) is 7.20. The van der Waals surface area contributed by atoms with Crippen LogP contribution in [0.4, 0.5) is 0 Å². The highest BCUT2D eigenvalue weighted by Crippen LogP contribution is 2.20. The van der Waals surface area contributed by atoms with Crippen LogP contribution >= 0.6 is 0 Å². The van der Waals surface area contributed by atoms with E-state index in [4.69, 9.17) is 0 Å². The summed E-state index contributed by atoms with van der Waals surface area (Å²) in [6, 6.07) is 0.888. The van der Waals surface area contributed by atoms with Crippen molar-refractivity contribution in [3.8, 4) is 0 Å². The summed E-state index contributed by atoms with van der Waals surface area (Å²) < 4.78 is 0. The average molecular weight is 216 g/mol. The molecule has 0 heterocycles. The quantitative estimate of drug-likeness (QED) is 0.763. The summed E-state index contributed by atoms with van der Waals surface area (Å²) in [5, 5.41) is 2.93. The Balaban J connectivity index is 0. The smallest absolute Gasteiger partial charge is 0.00891 e. The lowest BCUT2D eigenvalue weighted by Gasteiger charge is -2.27. The van der Waals surface area contributed by atoms with Crippen LogP contribution in [-0.2, 0) is 0 Å². The lowest BCUT2D eigenvalue weighted by atomic mass is 9.95. The number of nitrogens with one attached hydrogen (secondary N) is 1. The first-order valence-corrected chi connectivity index (χ1v) is 6.53. The summed E-state index contributed by atoms with van der Waals surface area (Å²) in [6.45, 7) is 7.14. The van der Waals surface area contributed by atoms with Gasteiger partial charge in [0.1, 0.15) is 0 Å². The summed E-state index contributed by atoms with van der Waals surface area (Å²) in [5.41, 5.74) is 0. The van der Waals surface area contributed by atoms with E-state index in [9.17, 15) is 0 Å². The molecule has 15 heavy (non-hydrogen) atoms. The molecule has 0 amide bonds. The number of hydrogen-bond acceptors (Lipinski definition) is 2. The Labute approximate surface area is 97.4 Å². The molecule has 0 bridgehead atoms. The predicted octanol–water partition coefficient (Wildman–Crippen LogP) is 3.13. The second-order valence-electron chi connectivity index (χ2n) is 3.96. The van der Waals surface area contributed by atoms with Crippen LogP contribution < -0.4 is 5.32 Å². The number of hydrogen-bond donors (Lipinski definition) is 1. The Kier molecular flexibility index (Phi) is 16.1. The Hall–Kier alpha value is -0.0800. The van der Waals surface area contributed by atoms with E-state index in [-0.39, 0.29) is 0 Å². The molecular formula is C13H32N2. The lowest BCUT2D eigenvalue weighted by molar-refractivity contribution is 0.229. The van der Waals surface area contributed by atoms with E-state index in [1.165, 1.54) is 32.1 Å². The highest BCUT2D eigenvalue weighted by molar-refractivity contribution is 4.70. The fourth-order valence-corrected chi connectivity index (χ4v) is 1.60. The van der Waals surface area contributed by atoms with E-state index in [0.29, 0.717) is 0 Å². The maximum absolute atomic E-state index is 2.93. The molecule has 0 aliphatic heterocycles. The van der Waals surface area contributed by atoms with Crippen molar-refractivity contribution < 1.29 is 0 Å². The van der Waals surface area contributed by atoms with E-state index in [1.54, 1.807) is 0 Å². The molecule has 0 spiro atoms. The molecule has 94 valence electrons. The number of rotatable bonds is 2. The standard InChI is InChI=1S/C8H17N.C3H9N.C2H6/c1-9(2)8-6-4-3-5-7-8;1-3-4-2;1-2/h8H,3-7H2,1-2H3;4H,3H2,1-2H3;1-2H3. The minimum absolute atomic E-state index is 0.888. The highest BCUT2D eigenvalue weighted by atomic mass is 15.1. The fraction of sp³-hybridized carbons (Fsp3) is 1.00. The van der Waals surface area contributed by atoms with Gasteiger partial charge < -0.3 is 10.2 Å². The molecule has 1 N–H and O–H groups in total. The molecule has 0 aromatic carbocycles. The van der Waals surface area contributed by atoms with E-state index in [1.807, 2.05) is 20.9 Å². The molecule has 0 unspecified atom stereocenters. The van der Waals surface area contributed by atoms with E-state index >= 15 is 0 Å². The maximum atomic E-state index is 2.93. The fourth-order valence-electron chi connectivity index (χ4n) is 1.60. The molecule has 1 aliphatic rings. The van der Waals surface area contributed by atoms with Crippen molar-refractivity contribution in [3.63, 3.8) is 0 Å². The lowest BCUT2D eigenvalue weighted by Crippen LogP contribution is -2.29. The van der Waals surface area contributed by atoms with Gasteiger partial charge in [0, 0.05) is 6.04 Å². The molecule has 0 aromatic rings. The third kappa shape index (κ3) is 11.8. The second-order valence-corrected chi connectivity index (χ2v) is 3.96. The molecule has 1 aliphatic carbocycles. The van der Waals surface area contributed by atoms with Gasteiger partial charge in [0.05, 0.1) is 0 Å². The minimum Gasteiger partial charge on any atom is -0.320 e. The zero-order valence-electron chi connectivity index (χ0n) is 11.8. The van der Waals surface area contributed by atoms with E-state index in [2.05, 4.69) is 31.2 Å². The van der Waals surface area contributed by atoms with Gasteiger partial charge in [-0.2, -0.15) is 0 Å². The molecule has 0 saturated heterocycles. The van der Waals surface area contributed by atoms with Gasteiger partial charge >= 0.3 is 0 Å². The molecule has 2 nitrogen and oxygen atoms in total. The van der Waals surface area contributed by atoms with Gasteiger partial charge in [-0.15, -0.1) is 0 Å². The Morgan fingerprint density at radius 1 is 1.07 bits per heavy atom. The van der Waals surface area contributed by atoms with Crippen LogP contribution in [0.15, 0.2) is 0 Å². The van der Waals surface area contributed by atoms with Crippen LogP contribution in [0.1, 0.15) is 52.9 Å². The zero-order valence-corrected chi connectivity index (χ0v) is 11.8. The van der Waals surface area contributed by atoms with Crippen LogP contribution in [0.25, 0.3) is 0 Å². The average Bonchev–Trinajstić information content (AvgIpc) is 2.33. The molecule has 1 fully saturated rings. The van der Waals surface area contributed by atoms with Crippen LogP contribution in [0.5, 0.6) is 0 Å². The molecule has 1 saturated carbocycles. The highest BCUT2D eigenvalue weighted by Gasteiger charge is 2.13. The summed E-state index contributed by atoms with van der Waals surface area (Å²) >= 11 is 0. The van der Waals surface area contributed by atoms with Gasteiger partial charge in [0.2, 0.25) is 0 Å². The Morgan fingerprint density at radius 2 is 1.47 bits per heavy atom. The van der Waals surface area contributed by atoms with Crippen LogP contribution in [0.2, 0.25) is 0 Å². The van der Waals surface area contributed by atoms with Gasteiger partial charge in [-0.1, -0.05) is 40.0 Å². The topological polar surface area (TPSA) is 15.3 Å². The zero-order chi connectivity index (χ0) is 12.1. The van der Waals surface area contributed by atoms with Crippen molar-refractivity contribution in [2.24, 2.45) is 0 Å². The van der Waals surface area contributed by atoms with Crippen molar-refractivity contribution in [1.82, 2.24) is 10.2 Å². The first-order chi connectivity index (χ1) is 7.22. The summed E-state index contributed by atoms with van der Waals surface area (Å²) in [4.78, 5) is 2.36. The minimum atomic E-state index is 0.888. The molecule has 1 rings (SSSR count). The largest absolute Gasteiger partial charge is 0.320 e. The van der Waals surface area contributed by atoms with Gasteiger partial charge in [0.25, 0.3) is 0 Å². The number of nitrogens with zero attached hydrogens (tertiary/aromatic N) is 1. The van der Waals surface area contributed by atoms with E-state index < -0.39 is 0 Å². The Bertz CT molecular complexity index is 94.7. The van der Waals surface area contributed by atoms with Crippen LogP contribution in [-0.4, -0.2) is 38.6 Å². The van der Waals surface area contributed by atoms with Gasteiger partial charge in [0.15, 0.2) is 0 Å². The molecule has 0 atom stereocenters. The van der Waals surface area contributed by atoms with Crippen molar-refractivity contribution in [2.45, 2.75) is 58.9 Å². The maximum Gasteiger partial charge on any atom is 0.00891 e. The Morgan fingerprint density at radius 3 is 1.67 bits per heavy atom. The van der Waals surface area contributed by atoms with E-state index in [0.717, 1.165) is 12.6 Å². The monoisotopic (exact) mass is 216 g/mol. The first-order valence-electron chi connectivity index (χ1n) is 6.53. The molecule has 0 aromatic heterocycles. The van der Waals surface area contributed by atoms with Crippen molar-refractivity contribution in [1.29, 1.82) is 0 Å². The van der Waals surface area contributed by atoms with Crippen molar-refractivity contribution >= 4 is 0 Å². The molecule has 2 heteroatoms. The van der Waals surface area contributed by atoms with Gasteiger partial charge in [-0.05, 0) is 40.5 Å². The van der Waals surface area contributed by atoms with Crippen LogP contribution in [0, 0.1) is 0 Å². The van der Waals surface area contributed by atoms with Gasteiger partial charge in [-0.3, -0.25) is 0 Å². The summed E-state index contributed by atoms with van der Waals surface area (Å²) in [5.74, 6) is 0. The third-order valence-corrected chi connectivity index (χ3v) is 2.66. The summed E-state index contributed by atoms with van der Waals surface area (Å²) in [7, 11) is 6.31. The second kappa shape index (κ2) is 13.9. The van der Waals surface area contributed by atoms with Gasteiger partial charge in [-0.25, -0.2) is 0 Å². The molecular weight excluding hydrogens is 184 g/mol.